The van der Waals surface area contributed by atoms with Crippen LogP contribution in [-0.2, 0) is 38.0 Å². The van der Waals surface area contributed by atoms with Crippen molar-refractivity contribution in [3.63, 3.8) is 0 Å². The number of rotatable bonds is 9. The topological polar surface area (TPSA) is 263 Å². The van der Waals surface area contributed by atoms with Crippen LogP contribution in [0.3, 0.4) is 0 Å². The van der Waals surface area contributed by atoms with Crippen LogP contribution >= 0.6 is 0 Å². The number of amides is 1. The van der Waals surface area contributed by atoms with E-state index in [2.05, 4.69) is 59.9 Å². The Labute approximate surface area is 382 Å². The number of aliphatic hydroxyl groups is 7. The fraction of sp³-hybridized carbons (Fsp3) is 0.917. The summed E-state index contributed by atoms with van der Waals surface area (Å²) in [4.78, 5) is 25.7. The van der Waals surface area contributed by atoms with E-state index in [-0.39, 0.29) is 53.3 Å². The van der Waals surface area contributed by atoms with Crippen LogP contribution < -0.4 is 5.32 Å². The van der Waals surface area contributed by atoms with Gasteiger partial charge in [0.05, 0.1) is 31.3 Å². The molecule has 8 aliphatic rings. The highest BCUT2D eigenvalue weighted by Crippen LogP contribution is 2.76. The molecule has 0 unspecified atom stereocenters. The maximum absolute atomic E-state index is 13.2. The van der Waals surface area contributed by atoms with E-state index in [1.807, 2.05) is 0 Å². The maximum atomic E-state index is 13.2. The summed E-state index contributed by atoms with van der Waals surface area (Å²) in [5.41, 5.74) is 0.0442. The van der Waals surface area contributed by atoms with E-state index in [0.717, 1.165) is 44.9 Å². The van der Waals surface area contributed by atoms with Gasteiger partial charge in [0, 0.05) is 6.92 Å². The molecule has 0 aromatic carbocycles. The molecule has 0 aromatic rings. The molecule has 0 aromatic heterocycles. The van der Waals surface area contributed by atoms with Crippen LogP contribution in [-0.4, -0.2) is 159 Å². The standard InChI is InChI=1S/C48H77NO16/c1-22-11-16-48(43(58)59)18-17-46(7)25(32(48)23(22)2)9-10-30-45(6)14-13-31(44(4,5)29(45)12-15-47(30,46)8)64-40-33(49-24(3)50)37(56)36(55)28(63-40)21-62-42-39(35(54)27(52)20-61-42)65-41-38(57)34(53)26(51)19-60-41/h9,22-23,26-42,51-57H,10-21H2,1-8H3,(H,49,50)(H,58,59)/t22-,23+,26+,27+,28-,29+,30-,31+,32+,33-,34+,35+,36-,37-,38-,39-,40+,41+,42+,45+,46-,47-,48+/m1/s1. The summed E-state index contributed by atoms with van der Waals surface area (Å²) in [7, 11) is 0. The van der Waals surface area contributed by atoms with Crippen LogP contribution in [0.1, 0.15) is 113 Å². The van der Waals surface area contributed by atoms with Crippen molar-refractivity contribution in [2.45, 2.75) is 199 Å². The maximum Gasteiger partial charge on any atom is 0.310 e. The molecule has 3 saturated heterocycles. The van der Waals surface area contributed by atoms with Crippen LogP contribution in [0.4, 0.5) is 0 Å². The lowest BCUT2D eigenvalue weighted by Crippen LogP contribution is -2.67. The number of allylic oxidation sites excluding steroid dienone is 2. The number of aliphatic carboxylic acids is 1. The van der Waals surface area contributed by atoms with Gasteiger partial charge in [-0.25, -0.2) is 0 Å². The third-order valence-electron chi connectivity index (χ3n) is 19.3. The number of nitrogens with one attached hydrogen (secondary N) is 1. The minimum absolute atomic E-state index is 0.0296. The first-order chi connectivity index (χ1) is 30.4. The van der Waals surface area contributed by atoms with Gasteiger partial charge >= 0.3 is 5.97 Å². The molecule has 17 heteroatoms. The first-order valence-electron chi connectivity index (χ1n) is 24.2. The first-order valence-corrected chi connectivity index (χ1v) is 24.2. The molecule has 370 valence electrons. The lowest BCUT2D eigenvalue weighted by atomic mass is 9.33. The van der Waals surface area contributed by atoms with Crippen molar-refractivity contribution in [1.82, 2.24) is 5.32 Å². The van der Waals surface area contributed by atoms with Gasteiger partial charge in [-0.05, 0) is 109 Å². The SMILES string of the molecule is CC(=O)N[C@H]1[C@H](O[C@H]2CC[C@]3(C)[C@H]4CC=C5[C@@H]6[C@@H](C)[C@H](C)CC[C@]6(C(=O)O)CC[C@@]5(C)[C@]4(C)CC[C@H]3C2(C)C)O[C@H](CO[C@@H]2OC[C@H](O)[C@H](O)[C@H]2O[C@@H]2OC[C@H](O)[C@H](O)[C@H]2O)[C@@H](O)[C@@H]1O. The second kappa shape index (κ2) is 17.8. The van der Waals surface area contributed by atoms with Crippen molar-refractivity contribution in [2.24, 2.45) is 56.7 Å². The molecule has 65 heavy (non-hydrogen) atoms. The van der Waals surface area contributed by atoms with Crippen molar-refractivity contribution < 1.29 is 78.9 Å². The van der Waals surface area contributed by atoms with Crippen LogP contribution in [0.2, 0.25) is 0 Å². The van der Waals surface area contributed by atoms with Gasteiger partial charge in [0.25, 0.3) is 0 Å². The Hall–Kier alpha value is -1.84. The Morgan fingerprint density at radius 1 is 0.754 bits per heavy atom. The molecule has 23 atom stereocenters. The van der Waals surface area contributed by atoms with E-state index < -0.39 is 109 Å². The number of carbonyl (C=O) groups excluding carboxylic acids is 1. The summed E-state index contributed by atoms with van der Waals surface area (Å²) in [5.74, 6) is 0.275. The summed E-state index contributed by atoms with van der Waals surface area (Å²) >= 11 is 0. The van der Waals surface area contributed by atoms with Crippen molar-refractivity contribution in [3.8, 4) is 0 Å². The number of fused-ring (bicyclic) bond motifs is 7. The quantitative estimate of drug-likeness (QED) is 0.118. The Morgan fingerprint density at radius 3 is 2.11 bits per heavy atom. The van der Waals surface area contributed by atoms with Crippen molar-refractivity contribution >= 4 is 11.9 Å². The zero-order chi connectivity index (χ0) is 47.3. The summed E-state index contributed by atoms with van der Waals surface area (Å²) < 4.78 is 36.1. The minimum Gasteiger partial charge on any atom is -0.481 e. The van der Waals surface area contributed by atoms with E-state index in [1.54, 1.807) is 0 Å². The summed E-state index contributed by atoms with van der Waals surface area (Å²) in [5, 5.41) is 88.4. The predicted molar refractivity (Wildman–Crippen MR) is 230 cm³/mol. The highest BCUT2D eigenvalue weighted by molar-refractivity contribution is 5.77. The average molecular weight is 924 g/mol. The molecule has 5 aliphatic carbocycles. The zero-order valence-electron chi connectivity index (χ0n) is 39.4. The van der Waals surface area contributed by atoms with Crippen molar-refractivity contribution in [1.29, 1.82) is 0 Å². The molecule has 8 rings (SSSR count). The Morgan fingerprint density at radius 2 is 1.43 bits per heavy atom. The third-order valence-corrected chi connectivity index (χ3v) is 19.3. The molecule has 9 N–H and O–H groups in total. The van der Waals surface area contributed by atoms with E-state index in [0.29, 0.717) is 24.7 Å². The van der Waals surface area contributed by atoms with Crippen molar-refractivity contribution in [3.05, 3.63) is 11.6 Å². The molecule has 0 bridgehead atoms. The molecule has 7 fully saturated rings. The first kappa shape index (κ1) is 49.6. The highest BCUT2D eigenvalue weighted by atomic mass is 16.8. The summed E-state index contributed by atoms with van der Waals surface area (Å²) in [6.07, 6.45) is -7.91. The van der Waals surface area contributed by atoms with Gasteiger partial charge in [-0.1, -0.05) is 60.1 Å². The number of carboxylic acid groups (broad SMARTS) is 1. The average Bonchev–Trinajstić information content (AvgIpc) is 3.24. The van der Waals surface area contributed by atoms with Crippen molar-refractivity contribution in [2.75, 3.05) is 19.8 Å². The second-order valence-electron chi connectivity index (χ2n) is 22.8. The van der Waals surface area contributed by atoms with E-state index in [4.69, 9.17) is 28.4 Å². The molecule has 17 nitrogen and oxygen atoms in total. The fourth-order valence-corrected chi connectivity index (χ4v) is 15.1. The fourth-order valence-electron chi connectivity index (χ4n) is 15.1. The number of carbonyl (C=O) groups is 2. The summed E-state index contributed by atoms with van der Waals surface area (Å²) in [6.45, 7) is 16.6. The van der Waals surface area contributed by atoms with E-state index in [1.165, 1.54) is 12.5 Å². The van der Waals surface area contributed by atoms with Crippen LogP contribution in [0.15, 0.2) is 11.6 Å². The van der Waals surface area contributed by atoms with Gasteiger partial charge < -0.3 is 74.6 Å². The molecule has 0 spiro atoms. The van der Waals surface area contributed by atoms with E-state index in [9.17, 15) is 50.4 Å². The lowest BCUT2D eigenvalue weighted by molar-refractivity contribution is -0.352. The Kier molecular flexibility index (Phi) is 13.6. The monoisotopic (exact) mass is 924 g/mol. The van der Waals surface area contributed by atoms with Gasteiger partial charge in [-0.3, -0.25) is 9.59 Å². The smallest absolute Gasteiger partial charge is 0.310 e. The third kappa shape index (κ3) is 7.96. The molecule has 3 heterocycles. The normalized spacial score (nSPS) is 53.0. The van der Waals surface area contributed by atoms with Crippen LogP contribution in [0.5, 0.6) is 0 Å². The molecule has 1 amide bonds. The molecule has 0 radical (unpaired) electrons. The Balaban J connectivity index is 0.997. The number of aliphatic hydroxyl groups excluding tert-OH is 7. The largest absolute Gasteiger partial charge is 0.481 e. The molecule has 3 aliphatic heterocycles. The number of hydrogen-bond acceptors (Lipinski definition) is 15. The highest BCUT2D eigenvalue weighted by Gasteiger charge is 2.70. The zero-order valence-corrected chi connectivity index (χ0v) is 39.4. The molecular weight excluding hydrogens is 847 g/mol. The molecule has 4 saturated carbocycles. The van der Waals surface area contributed by atoms with Gasteiger partial charge in [-0.2, -0.15) is 0 Å². The predicted octanol–water partition coefficient (Wildman–Crippen LogP) is 1.98. The van der Waals surface area contributed by atoms with Crippen LogP contribution in [0.25, 0.3) is 0 Å². The number of ether oxygens (including phenoxy) is 6. The molecular formula is C48H77NO16. The van der Waals surface area contributed by atoms with Gasteiger partial charge in [0.15, 0.2) is 18.9 Å². The second-order valence-corrected chi connectivity index (χ2v) is 22.8. The van der Waals surface area contributed by atoms with Crippen LogP contribution in [0, 0.1) is 56.7 Å². The van der Waals surface area contributed by atoms with E-state index >= 15 is 0 Å². The van der Waals surface area contributed by atoms with Gasteiger partial charge in [-0.15, -0.1) is 0 Å². The van der Waals surface area contributed by atoms with Gasteiger partial charge in [0.1, 0.15) is 61.0 Å². The number of carboxylic acids is 1. The number of hydrogen-bond donors (Lipinski definition) is 9. The summed E-state index contributed by atoms with van der Waals surface area (Å²) in [6, 6.07) is -1.14. The lowest BCUT2D eigenvalue weighted by Gasteiger charge is -2.71. The Bertz CT molecular complexity index is 1800. The minimum atomic E-state index is -1.70. The van der Waals surface area contributed by atoms with Gasteiger partial charge in [0.2, 0.25) is 5.91 Å².